The number of hydrogen-bond acceptors (Lipinski definition) is 2. The molecule has 0 bridgehead atoms. The van der Waals surface area contributed by atoms with Crippen LogP contribution in [-0.2, 0) is 4.79 Å². The van der Waals surface area contributed by atoms with Gasteiger partial charge in [0.25, 0.3) is 0 Å². The van der Waals surface area contributed by atoms with Crippen molar-refractivity contribution < 1.29 is 4.79 Å². The molecule has 1 aliphatic carbocycles. The molecule has 1 rings (SSSR count). The first-order valence-corrected chi connectivity index (χ1v) is 5.45. The van der Waals surface area contributed by atoms with Crippen LogP contribution in [0.5, 0.6) is 0 Å². The Kier molecular flexibility index (Phi) is 3.53. The largest absolute Gasteiger partial charge is 0.344 e. The summed E-state index contributed by atoms with van der Waals surface area (Å²) < 4.78 is 0. The van der Waals surface area contributed by atoms with E-state index in [4.69, 9.17) is 5.73 Å². The highest BCUT2D eigenvalue weighted by atomic mass is 16.2. The molecule has 0 aromatic rings. The van der Waals surface area contributed by atoms with E-state index < -0.39 is 5.54 Å². The van der Waals surface area contributed by atoms with Crippen molar-refractivity contribution in [3.8, 4) is 0 Å². The minimum Gasteiger partial charge on any atom is -0.344 e. The topological polar surface area (TPSA) is 46.3 Å². The number of carbonyl (C=O) groups is 1. The van der Waals surface area contributed by atoms with Gasteiger partial charge in [-0.05, 0) is 26.2 Å². The summed E-state index contributed by atoms with van der Waals surface area (Å²) in [6.07, 6.45) is 5.19. The van der Waals surface area contributed by atoms with Crippen molar-refractivity contribution in [3.63, 3.8) is 0 Å². The Bertz CT molecular complexity index is 204. The molecule has 1 amide bonds. The zero-order chi connectivity index (χ0) is 10.8. The number of carbonyl (C=O) groups excluding carboxylic acids is 1. The average molecular weight is 198 g/mol. The fourth-order valence-electron chi connectivity index (χ4n) is 1.75. The summed E-state index contributed by atoms with van der Waals surface area (Å²) in [5, 5.41) is 0. The Balaban J connectivity index is 2.26. The second kappa shape index (κ2) is 4.30. The number of amides is 1. The monoisotopic (exact) mass is 198 g/mol. The molecule has 1 saturated carbocycles. The van der Waals surface area contributed by atoms with Gasteiger partial charge in [0.05, 0.1) is 5.54 Å². The van der Waals surface area contributed by atoms with E-state index in [2.05, 4.69) is 0 Å². The fraction of sp³-hybridized carbons (Fsp3) is 0.909. The van der Waals surface area contributed by atoms with Crippen molar-refractivity contribution >= 4 is 5.91 Å². The molecule has 0 aromatic heterocycles. The summed E-state index contributed by atoms with van der Waals surface area (Å²) in [4.78, 5) is 13.4. The van der Waals surface area contributed by atoms with Crippen molar-refractivity contribution in [1.82, 2.24) is 4.90 Å². The number of hydrogen-bond donors (Lipinski definition) is 1. The maximum atomic E-state index is 11.7. The summed E-state index contributed by atoms with van der Waals surface area (Å²) in [5.41, 5.74) is 5.01. The molecule has 3 nitrogen and oxygen atoms in total. The summed E-state index contributed by atoms with van der Waals surface area (Å²) in [6.45, 7) is 4.37. The van der Waals surface area contributed by atoms with Gasteiger partial charge in [-0.25, -0.2) is 0 Å². The van der Waals surface area contributed by atoms with Gasteiger partial charge >= 0.3 is 0 Å². The number of rotatable bonds is 4. The van der Waals surface area contributed by atoms with Crippen molar-refractivity contribution in [2.45, 2.75) is 45.1 Å². The first kappa shape index (κ1) is 11.5. The maximum absolute atomic E-state index is 11.7. The highest BCUT2D eigenvalue weighted by Gasteiger charge is 2.26. The molecule has 14 heavy (non-hydrogen) atoms. The van der Waals surface area contributed by atoms with E-state index in [1.165, 1.54) is 19.3 Å². The van der Waals surface area contributed by atoms with Crippen molar-refractivity contribution in [3.05, 3.63) is 0 Å². The van der Waals surface area contributed by atoms with Gasteiger partial charge in [-0.1, -0.05) is 19.3 Å². The van der Waals surface area contributed by atoms with E-state index in [1.54, 1.807) is 18.7 Å². The van der Waals surface area contributed by atoms with E-state index in [0.29, 0.717) is 0 Å². The predicted octanol–water partition coefficient (Wildman–Crippen LogP) is 1.37. The van der Waals surface area contributed by atoms with Crippen LogP contribution in [0.15, 0.2) is 0 Å². The molecule has 0 unspecified atom stereocenters. The van der Waals surface area contributed by atoms with Crippen molar-refractivity contribution in [2.75, 3.05) is 13.6 Å². The van der Waals surface area contributed by atoms with Gasteiger partial charge in [-0.3, -0.25) is 4.79 Å². The Morgan fingerprint density at radius 1 is 1.50 bits per heavy atom. The van der Waals surface area contributed by atoms with Crippen LogP contribution in [0.1, 0.15) is 39.5 Å². The molecule has 0 aliphatic heterocycles. The van der Waals surface area contributed by atoms with Gasteiger partial charge in [0.2, 0.25) is 5.91 Å². The molecule has 0 heterocycles. The smallest absolute Gasteiger partial charge is 0.241 e. The molecule has 1 aliphatic rings. The first-order chi connectivity index (χ1) is 6.41. The van der Waals surface area contributed by atoms with Gasteiger partial charge in [0.15, 0.2) is 0 Å². The van der Waals surface area contributed by atoms with E-state index in [0.717, 1.165) is 18.9 Å². The zero-order valence-electron chi connectivity index (χ0n) is 9.55. The van der Waals surface area contributed by atoms with Gasteiger partial charge in [-0.2, -0.15) is 0 Å². The van der Waals surface area contributed by atoms with Crippen molar-refractivity contribution in [1.29, 1.82) is 0 Å². The SMILES string of the molecule is CN(CCC1CCC1)C(=O)C(C)(C)N. The molecule has 1 fully saturated rings. The third-order valence-electron chi connectivity index (χ3n) is 3.00. The van der Waals surface area contributed by atoms with Crippen molar-refractivity contribution in [2.24, 2.45) is 11.7 Å². The lowest BCUT2D eigenvalue weighted by atomic mass is 9.83. The van der Waals surface area contributed by atoms with Gasteiger partial charge in [-0.15, -0.1) is 0 Å². The van der Waals surface area contributed by atoms with Crippen LogP contribution in [0.25, 0.3) is 0 Å². The van der Waals surface area contributed by atoms with Gasteiger partial charge < -0.3 is 10.6 Å². The summed E-state index contributed by atoms with van der Waals surface area (Å²) in [5.74, 6) is 0.892. The molecule has 0 saturated heterocycles. The highest BCUT2D eigenvalue weighted by Crippen LogP contribution is 2.29. The Labute approximate surface area is 86.6 Å². The minimum atomic E-state index is -0.728. The zero-order valence-corrected chi connectivity index (χ0v) is 9.55. The van der Waals surface area contributed by atoms with E-state index in [-0.39, 0.29) is 5.91 Å². The fourth-order valence-corrected chi connectivity index (χ4v) is 1.75. The third kappa shape index (κ3) is 2.98. The van der Waals surface area contributed by atoms with Crippen LogP contribution in [-0.4, -0.2) is 29.9 Å². The first-order valence-electron chi connectivity index (χ1n) is 5.45. The van der Waals surface area contributed by atoms with E-state index in [9.17, 15) is 4.79 Å². The normalized spacial score (nSPS) is 17.7. The van der Waals surface area contributed by atoms with Crippen LogP contribution >= 0.6 is 0 Å². The second-order valence-corrected chi connectivity index (χ2v) is 5.03. The number of nitrogens with zero attached hydrogens (tertiary/aromatic N) is 1. The molecule has 0 atom stereocenters. The summed E-state index contributed by atoms with van der Waals surface area (Å²) >= 11 is 0. The Morgan fingerprint density at radius 3 is 2.43 bits per heavy atom. The number of likely N-dealkylation sites (N-methyl/N-ethyl adjacent to an activating group) is 1. The van der Waals surface area contributed by atoms with Crippen LogP contribution < -0.4 is 5.73 Å². The molecule has 0 radical (unpaired) electrons. The van der Waals surface area contributed by atoms with Crippen LogP contribution in [0.4, 0.5) is 0 Å². The molecule has 2 N–H and O–H groups in total. The predicted molar refractivity (Wildman–Crippen MR) is 57.9 cm³/mol. The third-order valence-corrected chi connectivity index (χ3v) is 3.00. The summed E-state index contributed by atoms with van der Waals surface area (Å²) in [7, 11) is 1.84. The van der Waals surface area contributed by atoms with E-state index in [1.807, 2.05) is 7.05 Å². The Morgan fingerprint density at radius 2 is 2.07 bits per heavy atom. The summed E-state index contributed by atoms with van der Waals surface area (Å²) in [6, 6.07) is 0. The minimum absolute atomic E-state index is 0.0387. The second-order valence-electron chi connectivity index (χ2n) is 5.03. The van der Waals surface area contributed by atoms with Crippen LogP contribution in [0.3, 0.4) is 0 Å². The van der Waals surface area contributed by atoms with Crippen LogP contribution in [0.2, 0.25) is 0 Å². The quantitative estimate of drug-likeness (QED) is 0.741. The van der Waals surface area contributed by atoms with Gasteiger partial charge in [0.1, 0.15) is 0 Å². The molecule has 82 valence electrons. The number of nitrogens with two attached hydrogens (primary N) is 1. The molecule has 0 spiro atoms. The van der Waals surface area contributed by atoms with Gasteiger partial charge in [0, 0.05) is 13.6 Å². The average Bonchev–Trinajstić information content (AvgIpc) is 1.98. The molecule has 3 heteroatoms. The highest BCUT2D eigenvalue weighted by molar-refractivity contribution is 5.84. The lowest BCUT2D eigenvalue weighted by Crippen LogP contribution is -2.50. The maximum Gasteiger partial charge on any atom is 0.241 e. The Hall–Kier alpha value is -0.570. The lowest BCUT2D eigenvalue weighted by Gasteiger charge is -2.30. The lowest BCUT2D eigenvalue weighted by molar-refractivity contribution is -0.134. The molecular weight excluding hydrogens is 176 g/mol. The standard InChI is InChI=1S/C11H22N2O/c1-11(2,12)10(14)13(3)8-7-9-5-4-6-9/h9H,4-8,12H2,1-3H3. The molecule has 0 aromatic carbocycles. The van der Waals surface area contributed by atoms with Crippen LogP contribution in [0, 0.1) is 5.92 Å². The van der Waals surface area contributed by atoms with E-state index >= 15 is 0 Å². The molecular formula is C11H22N2O.